The Morgan fingerprint density at radius 2 is 1.71 bits per heavy atom. The minimum atomic E-state index is -1.21. The van der Waals surface area contributed by atoms with Gasteiger partial charge in [0, 0.05) is 5.57 Å². The number of carboxylic acid groups (broad SMARTS) is 1. The van der Waals surface area contributed by atoms with Crippen LogP contribution in [0.2, 0.25) is 0 Å². The minimum absolute atomic E-state index is 0.111. The second-order valence-electron chi connectivity index (χ2n) is 4.00. The summed E-state index contributed by atoms with van der Waals surface area (Å²) in [5, 5.41) is 8.54. The van der Waals surface area contributed by atoms with Gasteiger partial charge in [-0.1, -0.05) is 6.58 Å². The van der Waals surface area contributed by atoms with Gasteiger partial charge < -0.3 is 14.6 Å². The molecule has 112 valence electrons. The molecule has 1 aromatic carbocycles. The summed E-state index contributed by atoms with van der Waals surface area (Å²) in [7, 11) is 0. The number of ether oxygens (including phenoxy) is 2. The molecule has 1 rings (SSSR count). The first-order valence-electron chi connectivity index (χ1n) is 5.91. The van der Waals surface area contributed by atoms with Crippen LogP contribution in [0.1, 0.15) is 12.8 Å². The largest absolute Gasteiger partial charge is 0.482 e. The molecular weight excluding hydrogens is 283 g/mol. The quantitative estimate of drug-likeness (QED) is 0.468. The summed E-state index contributed by atoms with van der Waals surface area (Å²) in [5.41, 5.74) is -0.151. The Balaban J connectivity index is 2.30. The van der Waals surface area contributed by atoms with Crippen molar-refractivity contribution in [3.63, 3.8) is 0 Å². The number of carbonyl (C=O) groups excluding carboxylic acids is 2. The molecule has 21 heavy (non-hydrogen) atoms. The smallest absolute Gasteiger partial charge is 0.351 e. The predicted molar refractivity (Wildman–Crippen MR) is 69.0 cm³/mol. The maximum atomic E-state index is 12.6. The van der Waals surface area contributed by atoms with Crippen molar-refractivity contribution in [3.05, 3.63) is 42.2 Å². The van der Waals surface area contributed by atoms with Gasteiger partial charge in [0.25, 0.3) is 0 Å². The third-order valence-electron chi connectivity index (χ3n) is 2.33. The van der Waals surface area contributed by atoms with E-state index in [0.29, 0.717) is 0 Å². The van der Waals surface area contributed by atoms with Crippen molar-refractivity contribution in [1.82, 2.24) is 0 Å². The molecule has 0 saturated heterocycles. The molecule has 0 radical (unpaired) electrons. The molecule has 1 aromatic rings. The lowest BCUT2D eigenvalue weighted by Gasteiger charge is -2.06. The number of hydrogen-bond donors (Lipinski definition) is 1. The van der Waals surface area contributed by atoms with Gasteiger partial charge in [-0.25, -0.2) is 14.0 Å². The maximum Gasteiger partial charge on any atom is 0.351 e. The van der Waals surface area contributed by atoms with Gasteiger partial charge in [0.15, 0.2) is 6.61 Å². The molecule has 0 amide bonds. The first-order chi connectivity index (χ1) is 9.88. The molecule has 0 atom stereocenters. The van der Waals surface area contributed by atoms with Gasteiger partial charge in [-0.2, -0.15) is 0 Å². The van der Waals surface area contributed by atoms with Crippen molar-refractivity contribution in [3.8, 4) is 5.75 Å². The lowest BCUT2D eigenvalue weighted by atomic mass is 10.2. The number of carboxylic acids is 1. The number of hydrogen-bond acceptors (Lipinski definition) is 5. The van der Waals surface area contributed by atoms with Crippen molar-refractivity contribution in [1.29, 1.82) is 0 Å². The lowest BCUT2D eigenvalue weighted by molar-refractivity contribution is -0.161. The number of aliphatic carboxylic acids is 1. The summed E-state index contributed by atoms with van der Waals surface area (Å²) < 4.78 is 22.0. The first kappa shape index (κ1) is 16.4. The SMILES string of the molecule is C=C(CCC(=O)OC(=O)COc1ccc(F)cc1)C(=O)O. The fraction of sp³-hybridized carbons (Fsp3) is 0.214. The summed E-state index contributed by atoms with van der Waals surface area (Å²) >= 11 is 0. The highest BCUT2D eigenvalue weighted by Gasteiger charge is 2.13. The third-order valence-corrected chi connectivity index (χ3v) is 2.33. The number of esters is 2. The van der Waals surface area contributed by atoms with E-state index in [0.717, 1.165) is 12.1 Å². The van der Waals surface area contributed by atoms with Gasteiger partial charge in [-0.3, -0.25) is 4.79 Å². The van der Waals surface area contributed by atoms with E-state index in [1.165, 1.54) is 12.1 Å². The Bertz CT molecular complexity index is 549. The molecule has 7 heteroatoms. The Kier molecular flexibility index (Phi) is 6.06. The molecule has 0 unspecified atom stereocenters. The Morgan fingerprint density at radius 1 is 1.10 bits per heavy atom. The molecule has 0 fully saturated rings. The summed E-state index contributed by atoms with van der Waals surface area (Å²) in [6.07, 6.45) is -0.381. The van der Waals surface area contributed by atoms with Gasteiger partial charge in [0.05, 0.1) is 6.42 Å². The zero-order valence-corrected chi connectivity index (χ0v) is 11.0. The van der Waals surface area contributed by atoms with E-state index in [4.69, 9.17) is 9.84 Å². The van der Waals surface area contributed by atoms with Gasteiger partial charge >= 0.3 is 17.9 Å². The zero-order valence-electron chi connectivity index (χ0n) is 11.0. The molecule has 0 aliphatic rings. The van der Waals surface area contributed by atoms with Crippen molar-refractivity contribution in [2.24, 2.45) is 0 Å². The minimum Gasteiger partial charge on any atom is -0.482 e. The van der Waals surface area contributed by atoms with Gasteiger partial charge in [0.2, 0.25) is 0 Å². The molecule has 0 aliphatic heterocycles. The van der Waals surface area contributed by atoms with E-state index in [9.17, 15) is 18.8 Å². The molecule has 0 bridgehead atoms. The summed E-state index contributed by atoms with van der Waals surface area (Å²) in [6.45, 7) is 2.72. The van der Waals surface area contributed by atoms with Crippen molar-refractivity contribution in [2.75, 3.05) is 6.61 Å². The van der Waals surface area contributed by atoms with Crippen molar-refractivity contribution in [2.45, 2.75) is 12.8 Å². The molecule has 0 spiro atoms. The van der Waals surface area contributed by atoms with E-state index in [2.05, 4.69) is 11.3 Å². The van der Waals surface area contributed by atoms with Gasteiger partial charge in [-0.15, -0.1) is 0 Å². The van der Waals surface area contributed by atoms with E-state index in [1.807, 2.05) is 0 Å². The summed E-state index contributed by atoms with van der Waals surface area (Å²) in [5.74, 6) is -3.21. The van der Waals surface area contributed by atoms with Crippen molar-refractivity contribution < 1.29 is 33.4 Å². The summed E-state index contributed by atoms with van der Waals surface area (Å²) in [4.78, 5) is 33.0. The van der Waals surface area contributed by atoms with E-state index >= 15 is 0 Å². The highest BCUT2D eigenvalue weighted by molar-refractivity contribution is 5.89. The Morgan fingerprint density at radius 3 is 2.29 bits per heavy atom. The average Bonchev–Trinajstić information content (AvgIpc) is 2.44. The van der Waals surface area contributed by atoms with Crippen LogP contribution in [0.25, 0.3) is 0 Å². The van der Waals surface area contributed by atoms with Crippen LogP contribution in [0.3, 0.4) is 0 Å². The van der Waals surface area contributed by atoms with Crippen LogP contribution in [0, 0.1) is 5.82 Å². The van der Waals surface area contributed by atoms with E-state index in [1.54, 1.807) is 0 Å². The standard InChI is InChI=1S/C14H13FO6/c1-9(14(18)19)2-7-12(16)21-13(17)8-20-11-5-3-10(15)4-6-11/h3-6H,1-2,7-8H2,(H,18,19). The maximum absolute atomic E-state index is 12.6. The first-order valence-corrected chi connectivity index (χ1v) is 5.91. The summed E-state index contributed by atoms with van der Waals surface area (Å²) in [6, 6.07) is 4.95. The number of benzene rings is 1. The average molecular weight is 296 g/mol. The van der Waals surface area contributed by atoms with Gasteiger partial charge in [-0.05, 0) is 30.7 Å². The molecular formula is C14H13FO6. The molecule has 0 aliphatic carbocycles. The predicted octanol–water partition coefficient (Wildman–Crippen LogP) is 1.70. The van der Waals surface area contributed by atoms with Crippen LogP contribution in [0.5, 0.6) is 5.75 Å². The van der Waals surface area contributed by atoms with Crippen LogP contribution >= 0.6 is 0 Å². The van der Waals surface area contributed by atoms with Crippen LogP contribution in [0.4, 0.5) is 4.39 Å². The van der Waals surface area contributed by atoms with Crippen LogP contribution in [0.15, 0.2) is 36.4 Å². The highest BCUT2D eigenvalue weighted by Crippen LogP contribution is 2.11. The molecule has 6 nitrogen and oxygen atoms in total. The number of rotatable bonds is 7. The van der Waals surface area contributed by atoms with Crippen LogP contribution in [-0.4, -0.2) is 29.6 Å². The highest BCUT2D eigenvalue weighted by atomic mass is 19.1. The second-order valence-corrected chi connectivity index (χ2v) is 4.00. The fourth-order valence-corrected chi connectivity index (χ4v) is 1.24. The van der Waals surface area contributed by atoms with E-state index in [-0.39, 0.29) is 24.2 Å². The van der Waals surface area contributed by atoms with Crippen molar-refractivity contribution >= 4 is 17.9 Å². The third kappa shape index (κ3) is 6.33. The molecule has 0 aromatic heterocycles. The van der Waals surface area contributed by atoms with E-state index < -0.39 is 30.3 Å². The normalized spacial score (nSPS) is 9.76. The Labute approximate surface area is 119 Å². The monoisotopic (exact) mass is 296 g/mol. The Hall–Kier alpha value is -2.70. The second kappa shape index (κ2) is 7.78. The van der Waals surface area contributed by atoms with Crippen LogP contribution in [-0.2, 0) is 19.1 Å². The van der Waals surface area contributed by atoms with Crippen LogP contribution < -0.4 is 4.74 Å². The number of carbonyl (C=O) groups is 3. The lowest BCUT2D eigenvalue weighted by Crippen LogP contribution is -2.19. The molecule has 1 N–H and O–H groups in total. The zero-order chi connectivity index (χ0) is 15.8. The molecule has 0 heterocycles. The molecule has 0 saturated carbocycles. The topological polar surface area (TPSA) is 89.9 Å². The van der Waals surface area contributed by atoms with Gasteiger partial charge in [0.1, 0.15) is 11.6 Å². The number of halogens is 1. The fourth-order valence-electron chi connectivity index (χ4n) is 1.24.